The van der Waals surface area contributed by atoms with Crippen LogP contribution in [0.5, 0.6) is 0 Å². The molecule has 1 aliphatic heterocycles. The largest absolute Gasteiger partial charge is 0.442 e. The highest BCUT2D eigenvalue weighted by Crippen LogP contribution is 2.33. The Balaban J connectivity index is 1.91. The van der Waals surface area contributed by atoms with Gasteiger partial charge in [-0.15, -0.1) is 0 Å². The molecule has 0 saturated carbocycles. The van der Waals surface area contributed by atoms with Crippen LogP contribution >= 0.6 is 0 Å². The zero-order chi connectivity index (χ0) is 18.1. The molecule has 1 unspecified atom stereocenters. The van der Waals surface area contributed by atoms with Crippen molar-refractivity contribution in [2.75, 3.05) is 18.0 Å². The van der Waals surface area contributed by atoms with Crippen molar-refractivity contribution < 1.29 is 32.0 Å². The second kappa shape index (κ2) is 6.30. The number of nitrogens with two attached hydrogens (primary N) is 1. The van der Waals surface area contributed by atoms with Gasteiger partial charge in [-0.05, 0) is 0 Å². The zero-order valence-electron chi connectivity index (χ0n) is 12.3. The normalized spacial score (nSPS) is 16.8. The first-order valence-electron chi connectivity index (χ1n) is 6.84. The van der Waals surface area contributed by atoms with Gasteiger partial charge in [0.1, 0.15) is 17.5 Å². The maximum atomic E-state index is 14.3. The van der Waals surface area contributed by atoms with Gasteiger partial charge in [0, 0.05) is 6.07 Å². The number of hydrogen-bond donors (Lipinski definition) is 2. The number of cyclic esters (lactones) is 1. The third-order valence-corrected chi connectivity index (χ3v) is 3.38. The second-order valence-corrected chi connectivity index (χ2v) is 4.99. The van der Waals surface area contributed by atoms with Crippen molar-refractivity contribution >= 4 is 17.8 Å². The van der Waals surface area contributed by atoms with E-state index in [1.807, 2.05) is 0 Å². The van der Waals surface area contributed by atoms with Crippen LogP contribution in [0.15, 0.2) is 16.9 Å². The lowest BCUT2D eigenvalue weighted by Gasteiger charge is -2.15. The summed E-state index contributed by atoms with van der Waals surface area (Å²) in [6, 6.07) is -0.231. The zero-order valence-corrected chi connectivity index (χ0v) is 12.3. The minimum atomic E-state index is -1.59. The van der Waals surface area contributed by atoms with E-state index in [1.165, 1.54) is 0 Å². The van der Waals surface area contributed by atoms with Crippen LogP contribution in [0.25, 0.3) is 11.5 Å². The molecular formula is C13H10F3N5O4. The number of halogens is 3. The van der Waals surface area contributed by atoms with E-state index in [4.69, 9.17) is 10.5 Å². The summed E-state index contributed by atoms with van der Waals surface area (Å²) in [6.45, 7) is -0.376. The van der Waals surface area contributed by atoms with Crippen LogP contribution in [0.3, 0.4) is 0 Å². The average Bonchev–Trinajstić information content (AvgIpc) is 3.19. The Hall–Kier alpha value is -3.31. The molecule has 1 fully saturated rings. The van der Waals surface area contributed by atoms with Crippen LogP contribution < -0.4 is 16.0 Å². The van der Waals surface area contributed by atoms with E-state index >= 15 is 0 Å². The maximum absolute atomic E-state index is 14.3. The van der Waals surface area contributed by atoms with Crippen LogP contribution in [0.1, 0.15) is 0 Å². The van der Waals surface area contributed by atoms with Gasteiger partial charge in [-0.1, -0.05) is 5.16 Å². The SMILES string of the molecule is NC(=O)NCC1CN(c2cc(F)c(-c3ncno3)c(F)c2F)C(=O)O1. The standard InChI is InChI=1S/C13H10F3N5O4/c14-6-1-7(9(15)10(16)8(6)11-19-4-20-25-11)21-3-5(24-13(21)23)2-18-12(17)22/h1,4-5H,2-3H2,(H3,17,18,22). The number of benzene rings is 1. The average molecular weight is 357 g/mol. The van der Waals surface area contributed by atoms with Gasteiger partial charge in [-0.3, -0.25) is 4.90 Å². The van der Waals surface area contributed by atoms with E-state index in [9.17, 15) is 22.8 Å². The van der Waals surface area contributed by atoms with Gasteiger partial charge in [0.15, 0.2) is 18.0 Å². The number of hydrogen-bond acceptors (Lipinski definition) is 6. The van der Waals surface area contributed by atoms with Gasteiger partial charge in [0.2, 0.25) is 0 Å². The monoisotopic (exact) mass is 357 g/mol. The fourth-order valence-corrected chi connectivity index (χ4v) is 2.30. The van der Waals surface area contributed by atoms with E-state index < -0.39 is 52.8 Å². The molecule has 0 spiro atoms. The molecule has 0 aliphatic carbocycles. The Labute approximate surface area is 137 Å². The molecule has 2 heterocycles. The molecule has 9 nitrogen and oxygen atoms in total. The van der Waals surface area contributed by atoms with E-state index in [1.54, 1.807) is 0 Å². The summed E-state index contributed by atoms with van der Waals surface area (Å²) in [4.78, 5) is 26.6. The number of amides is 3. The molecule has 0 radical (unpaired) electrons. The molecule has 25 heavy (non-hydrogen) atoms. The van der Waals surface area contributed by atoms with Crippen LogP contribution in [-0.4, -0.2) is 41.5 Å². The Morgan fingerprint density at radius 3 is 2.80 bits per heavy atom. The van der Waals surface area contributed by atoms with Crippen molar-refractivity contribution in [1.29, 1.82) is 0 Å². The molecular weight excluding hydrogens is 347 g/mol. The second-order valence-electron chi connectivity index (χ2n) is 4.99. The number of carbonyl (C=O) groups excluding carboxylic acids is 2. The van der Waals surface area contributed by atoms with Crippen molar-refractivity contribution in [1.82, 2.24) is 15.5 Å². The van der Waals surface area contributed by atoms with E-state index in [2.05, 4.69) is 20.0 Å². The Morgan fingerprint density at radius 2 is 2.16 bits per heavy atom. The fraction of sp³-hybridized carbons (Fsp3) is 0.231. The van der Waals surface area contributed by atoms with Crippen molar-refractivity contribution in [3.63, 3.8) is 0 Å². The summed E-state index contributed by atoms with van der Waals surface area (Å²) in [5.74, 6) is -4.83. The summed E-state index contributed by atoms with van der Waals surface area (Å²) in [5.41, 5.74) is 3.38. The Kier molecular flexibility index (Phi) is 4.17. The lowest BCUT2D eigenvalue weighted by atomic mass is 10.1. The Bertz CT molecular complexity index is 830. The van der Waals surface area contributed by atoms with Crippen LogP contribution in [0.2, 0.25) is 0 Å². The number of anilines is 1. The number of urea groups is 1. The quantitative estimate of drug-likeness (QED) is 0.791. The van der Waals surface area contributed by atoms with Crippen LogP contribution in [0.4, 0.5) is 28.4 Å². The van der Waals surface area contributed by atoms with Crippen molar-refractivity contribution in [3.8, 4) is 11.5 Å². The number of rotatable bonds is 4. The molecule has 2 aromatic rings. The van der Waals surface area contributed by atoms with Gasteiger partial charge in [0.25, 0.3) is 5.89 Å². The summed E-state index contributed by atoms with van der Waals surface area (Å²) in [6.07, 6.45) is -0.991. The van der Waals surface area contributed by atoms with Crippen LogP contribution in [-0.2, 0) is 4.74 Å². The number of nitrogens with one attached hydrogen (secondary N) is 1. The van der Waals surface area contributed by atoms with Gasteiger partial charge in [-0.25, -0.2) is 22.8 Å². The number of aromatic nitrogens is 2. The minimum Gasteiger partial charge on any atom is -0.442 e. The van der Waals surface area contributed by atoms with Crippen LogP contribution in [0, 0.1) is 17.5 Å². The summed E-state index contributed by atoms with van der Waals surface area (Å²) in [5, 5.41) is 5.41. The molecule has 1 atom stereocenters. The van der Waals surface area contributed by atoms with Gasteiger partial charge in [-0.2, -0.15) is 4.98 Å². The van der Waals surface area contributed by atoms with E-state index in [-0.39, 0.29) is 13.1 Å². The van der Waals surface area contributed by atoms with E-state index in [0.717, 1.165) is 6.33 Å². The topological polar surface area (TPSA) is 124 Å². The molecule has 3 amide bonds. The first-order valence-corrected chi connectivity index (χ1v) is 6.84. The summed E-state index contributed by atoms with van der Waals surface area (Å²) < 4.78 is 52.2. The van der Waals surface area contributed by atoms with Crippen molar-refractivity contribution in [2.24, 2.45) is 5.73 Å². The fourth-order valence-electron chi connectivity index (χ4n) is 2.30. The van der Waals surface area contributed by atoms with Crippen molar-refractivity contribution in [2.45, 2.75) is 6.10 Å². The minimum absolute atomic E-state index is 0.135. The van der Waals surface area contributed by atoms with Gasteiger partial charge in [0.05, 0.1) is 18.8 Å². The smallest absolute Gasteiger partial charge is 0.414 e. The highest BCUT2D eigenvalue weighted by molar-refractivity contribution is 5.90. The number of ether oxygens (including phenoxy) is 1. The predicted molar refractivity (Wildman–Crippen MR) is 74.8 cm³/mol. The molecule has 1 aromatic heterocycles. The number of carbonyl (C=O) groups is 2. The molecule has 12 heteroatoms. The molecule has 1 aliphatic rings. The third-order valence-electron chi connectivity index (χ3n) is 3.38. The molecule has 0 bridgehead atoms. The summed E-state index contributed by atoms with van der Waals surface area (Å²) in [7, 11) is 0. The lowest BCUT2D eigenvalue weighted by molar-refractivity contribution is 0.141. The molecule has 132 valence electrons. The maximum Gasteiger partial charge on any atom is 0.414 e. The predicted octanol–water partition coefficient (Wildman–Crippen LogP) is 1.15. The van der Waals surface area contributed by atoms with E-state index in [0.29, 0.717) is 11.0 Å². The lowest BCUT2D eigenvalue weighted by Crippen LogP contribution is -2.37. The summed E-state index contributed by atoms with van der Waals surface area (Å²) >= 11 is 0. The molecule has 1 aromatic carbocycles. The first-order chi connectivity index (χ1) is 11.9. The van der Waals surface area contributed by atoms with Gasteiger partial charge < -0.3 is 20.3 Å². The molecule has 3 rings (SSSR count). The molecule has 1 saturated heterocycles. The molecule has 3 N–H and O–H groups in total. The number of primary amides is 1. The highest BCUT2D eigenvalue weighted by Gasteiger charge is 2.36. The first kappa shape index (κ1) is 16.5. The van der Waals surface area contributed by atoms with Gasteiger partial charge >= 0.3 is 12.1 Å². The third kappa shape index (κ3) is 3.05. The Morgan fingerprint density at radius 1 is 1.40 bits per heavy atom. The highest BCUT2D eigenvalue weighted by atomic mass is 19.2. The number of nitrogens with zero attached hydrogens (tertiary/aromatic N) is 3. The van der Waals surface area contributed by atoms with Crippen molar-refractivity contribution in [3.05, 3.63) is 29.8 Å².